The van der Waals surface area contributed by atoms with E-state index in [0.29, 0.717) is 31.4 Å². The second kappa shape index (κ2) is 6.01. The molecule has 4 rings (SSSR count). The van der Waals surface area contributed by atoms with Crippen LogP contribution >= 0.6 is 0 Å². The van der Waals surface area contributed by atoms with E-state index in [2.05, 4.69) is 29.3 Å². The van der Waals surface area contributed by atoms with E-state index in [0.717, 1.165) is 24.2 Å². The Balaban J connectivity index is 1.45. The predicted octanol–water partition coefficient (Wildman–Crippen LogP) is 1.45. The third-order valence-corrected chi connectivity index (χ3v) is 4.61. The van der Waals surface area contributed by atoms with Crippen LogP contribution in [0.25, 0.3) is 0 Å². The Bertz CT molecular complexity index is 738. The number of fused-ring (bicyclic) bond motifs is 3. The molecule has 1 fully saturated rings. The summed E-state index contributed by atoms with van der Waals surface area (Å²) in [6.07, 6.45) is 3.27. The average molecular weight is 331 g/mol. The summed E-state index contributed by atoms with van der Waals surface area (Å²) in [5.74, 6) is 0.659. The Morgan fingerprint density at radius 3 is 3.17 bits per heavy atom. The van der Waals surface area contributed by atoms with Crippen molar-refractivity contribution < 1.29 is 14.1 Å². The zero-order valence-corrected chi connectivity index (χ0v) is 13.9. The fourth-order valence-corrected chi connectivity index (χ4v) is 3.45. The lowest BCUT2D eigenvalue weighted by Gasteiger charge is -2.40. The van der Waals surface area contributed by atoms with E-state index in [-0.39, 0.29) is 18.1 Å². The number of amides is 1. The van der Waals surface area contributed by atoms with Crippen molar-refractivity contribution >= 4 is 5.91 Å². The van der Waals surface area contributed by atoms with Gasteiger partial charge >= 0.3 is 0 Å². The first-order valence-corrected chi connectivity index (χ1v) is 8.37. The van der Waals surface area contributed by atoms with E-state index in [9.17, 15) is 4.79 Å². The minimum absolute atomic E-state index is 0.0602. The largest absolute Gasteiger partial charge is 0.368 e. The molecule has 0 unspecified atom stereocenters. The van der Waals surface area contributed by atoms with Crippen molar-refractivity contribution in [3.63, 3.8) is 0 Å². The molecular weight excluding hydrogens is 310 g/mol. The second-order valence-corrected chi connectivity index (χ2v) is 6.91. The highest BCUT2D eigenvalue weighted by molar-refractivity contribution is 5.91. The van der Waals surface area contributed by atoms with Crippen LogP contribution in [0.2, 0.25) is 0 Å². The van der Waals surface area contributed by atoms with Crippen LogP contribution in [0.4, 0.5) is 0 Å². The summed E-state index contributed by atoms with van der Waals surface area (Å²) in [4.78, 5) is 14.5. The lowest BCUT2D eigenvalue weighted by Crippen LogP contribution is -2.50. The summed E-state index contributed by atoms with van der Waals surface area (Å²) < 4.78 is 13.1. The molecule has 0 N–H and O–H groups in total. The number of nitrogens with zero attached hydrogens (tertiary/aromatic N) is 5. The van der Waals surface area contributed by atoms with Gasteiger partial charge in [-0.15, -0.1) is 5.10 Å². The number of likely N-dealkylation sites (tertiary alicyclic amines) is 1. The molecule has 2 aliphatic rings. The fourth-order valence-electron chi connectivity index (χ4n) is 3.45. The van der Waals surface area contributed by atoms with Gasteiger partial charge in [0.2, 0.25) is 5.76 Å². The first-order chi connectivity index (χ1) is 11.6. The molecule has 8 nitrogen and oxygen atoms in total. The van der Waals surface area contributed by atoms with Crippen molar-refractivity contribution in [2.45, 2.75) is 45.4 Å². The van der Waals surface area contributed by atoms with E-state index < -0.39 is 0 Å². The van der Waals surface area contributed by atoms with Crippen LogP contribution in [0.1, 0.15) is 48.3 Å². The van der Waals surface area contributed by atoms with Gasteiger partial charge in [-0.3, -0.25) is 4.79 Å². The highest BCUT2D eigenvalue weighted by Gasteiger charge is 2.38. The second-order valence-electron chi connectivity index (χ2n) is 6.91. The average Bonchev–Trinajstić information content (AvgIpc) is 3.22. The van der Waals surface area contributed by atoms with Crippen molar-refractivity contribution in [2.24, 2.45) is 5.92 Å². The van der Waals surface area contributed by atoms with Gasteiger partial charge in [0.05, 0.1) is 36.3 Å². The quantitative estimate of drug-likeness (QED) is 0.846. The number of hydrogen-bond donors (Lipinski definition) is 0. The van der Waals surface area contributed by atoms with Gasteiger partial charge in [-0.05, 0) is 18.8 Å². The highest BCUT2D eigenvalue weighted by atomic mass is 16.5. The molecule has 2 aliphatic heterocycles. The van der Waals surface area contributed by atoms with Crippen molar-refractivity contribution in [2.75, 3.05) is 13.1 Å². The smallest absolute Gasteiger partial charge is 0.292 e. The van der Waals surface area contributed by atoms with Crippen LogP contribution in [-0.2, 0) is 17.8 Å². The van der Waals surface area contributed by atoms with Crippen molar-refractivity contribution in [1.29, 1.82) is 0 Å². The Morgan fingerprint density at radius 1 is 1.46 bits per heavy atom. The Hall–Kier alpha value is -2.22. The zero-order valence-electron chi connectivity index (χ0n) is 13.9. The third kappa shape index (κ3) is 2.71. The molecule has 2 atom stereocenters. The Labute approximate surface area is 139 Å². The summed E-state index contributed by atoms with van der Waals surface area (Å²) in [7, 11) is 0. The molecule has 24 heavy (non-hydrogen) atoms. The van der Waals surface area contributed by atoms with Gasteiger partial charge < -0.3 is 14.2 Å². The van der Waals surface area contributed by atoms with E-state index in [1.165, 1.54) is 0 Å². The summed E-state index contributed by atoms with van der Waals surface area (Å²) in [5.41, 5.74) is 1.81. The fraction of sp³-hybridized carbons (Fsp3) is 0.625. The molecule has 0 aromatic carbocycles. The van der Waals surface area contributed by atoms with E-state index >= 15 is 0 Å². The van der Waals surface area contributed by atoms with Gasteiger partial charge in [0.25, 0.3) is 5.91 Å². The normalized spacial score (nSPS) is 23.2. The number of ether oxygens (including phenoxy) is 1. The van der Waals surface area contributed by atoms with Crippen LogP contribution in [0, 0.1) is 5.92 Å². The van der Waals surface area contributed by atoms with Crippen molar-refractivity contribution in [3.8, 4) is 0 Å². The lowest BCUT2D eigenvalue weighted by atomic mass is 10.00. The van der Waals surface area contributed by atoms with E-state index in [1.807, 2.05) is 4.68 Å². The molecule has 1 amide bonds. The van der Waals surface area contributed by atoms with Gasteiger partial charge in [0.1, 0.15) is 0 Å². The number of carbonyl (C=O) groups is 1. The first kappa shape index (κ1) is 15.3. The van der Waals surface area contributed by atoms with E-state index in [1.54, 1.807) is 17.2 Å². The molecule has 4 heterocycles. The molecule has 0 radical (unpaired) electrons. The maximum absolute atomic E-state index is 12.7. The summed E-state index contributed by atoms with van der Waals surface area (Å²) in [6, 6.07) is 1.90. The van der Waals surface area contributed by atoms with Gasteiger partial charge in [-0.1, -0.05) is 24.2 Å². The standard InChI is InChI=1S/C16H21N5O3/c1-10(2)5-11-6-14(24-18-11)16(22)20-4-3-13-15(8-20)23-9-12-7-17-19-21(12)13/h6-7,10,13,15H,3-5,8-9H2,1-2H3/t13-,15-/m1/s1. The van der Waals surface area contributed by atoms with Crippen LogP contribution in [0.15, 0.2) is 16.8 Å². The SMILES string of the molecule is CC(C)Cc1cc(C(=O)N2CC[C@@H]3[C@@H](C2)OCc2cnnn23)on1. The van der Waals surface area contributed by atoms with Crippen LogP contribution in [0.5, 0.6) is 0 Å². The molecule has 8 heteroatoms. The van der Waals surface area contributed by atoms with E-state index in [4.69, 9.17) is 9.26 Å². The summed E-state index contributed by atoms with van der Waals surface area (Å²) in [6.45, 7) is 5.88. The molecule has 2 aromatic rings. The Morgan fingerprint density at radius 2 is 2.33 bits per heavy atom. The van der Waals surface area contributed by atoms with Gasteiger partial charge in [-0.25, -0.2) is 4.68 Å². The third-order valence-electron chi connectivity index (χ3n) is 4.61. The van der Waals surface area contributed by atoms with Crippen molar-refractivity contribution in [3.05, 3.63) is 29.4 Å². The monoisotopic (exact) mass is 331 g/mol. The molecule has 128 valence electrons. The molecule has 0 saturated carbocycles. The minimum Gasteiger partial charge on any atom is -0.368 e. The van der Waals surface area contributed by atoms with Gasteiger partial charge in [0.15, 0.2) is 0 Å². The van der Waals surface area contributed by atoms with Gasteiger partial charge in [-0.2, -0.15) is 0 Å². The molecule has 0 aliphatic carbocycles. The lowest BCUT2D eigenvalue weighted by molar-refractivity contribution is -0.0632. The molecule has 2 aromatic heterocycles. The molecule has 1 saturated heterocycles. The summed E-state index contributed by atoms with van der Waals surface area (Å²) in [5, 5.41) is 12.1. The number of hydrogen-bond acceptors (Lipinski definition) is 6. The predicted molar refractivity (Wildman–Crippen MR) is 83.2 cm³/mol. The topological polar surface area (TPSA) is 86.3 Å². The number of rotatable bonds is 3. The molecule has 0 bridgehead atoms. The summed E-state index contributed by atoms with van der Waals surface area (Å²) >= 11 is 0. The molecule has 0 spiro atoms. The number of carbonyl (C=O) groups excluding carboxylic acids is 1. The maximum Gasteiger partial charge on any atom is 0.292 e. The van der Waals surface area contributed by atoms with Gasteiger partial charge in [0, 0.05) is 19.2 Å². The van der Waals surface area contributed by atoms with Crippen LogP contribution < -0.4 is 0 Å². The van der Waals surface area contributed by atoms with Crippen LogP contribution in [-0.4, -0.2) is 50.2 Å². The molecular formula is C16H21N5O3. The number of aromatic nitrogens is 4. The minimum atomic E-state index is -0.121. The Kier molecular flexibility index (Phi) is 3.84. The zero-order chi connectivity index (χ0) is 16.7. The van der Waals surface area contributed by atoms with Crippen molar-refractivity contribution in [1.82, 2.24) is 25.1 Å². The first-order valence-electron chi connectivity index (χ1n) is 8.37. The maximum atomic E-state index is 12.7. The highest BCUT2D eigenvalue weighted by Crippen LogP contribution is 2.31. The van der Waals surface area contributed by atoms with Crippen LogP contribution in [0.3, 0.4) is 0 Å². The number of piperidine rings is 1.